The lowest BCUT2D eigenvalue weighted by atomic mass is 10.0. The number of phenolic OH excluding ortho intramolecular Hbond substituents is 2. The molecule has 0 aliphatic carbocycles. The molecule has 0 bridgehead atoms. The van der Waals surface area contributed by atoms with Crippen molar-refractivity contribution in [3.05, 3.63) is 59.2 Å². The van der Waals surface area contributed by atoms with Crippen molar-refractivity contribution in [2.75, 3.05) is 0 Å². The topological polar surface area (TPSA) is 40.5 Å². The molecule has 2 nitrogen and oxygen atoms in total. The van der Waals surface area contributed by atoms with Gasteiger partial charge < -0.3 is 10.2 Å². The van der Waals surface area contributed by atoms with Crippen molar-refractivity contribution in [1.82, 2.24) is 0 Å². The summed E-state index contributed by atoms with van der Waals surface area (Å²) in [5.74, 6) is 0.611. The van der Waals surface area contributed by atoms with Gasteiger partial charge >= 0.3 is 0 Å². The Kier molecular flexibility index (Phi) is 2.82. The summed E-state index contributed by atoms with van der Waals surface area (Å²) in [5, 5.41) is 18.6. The predicted molar refractivity (Wildman–Crippen MR) is 63.8 cm³/mol. The van der Waals surface area contributed by atoms with Crippen LogP contribution < -0.4 is 0 Å². The minimum Gasteiger partial charge on any atom is -0.508 e. The van der Waals surface area contributed by atoms with Gasteiger partial charge in [0.25, 0.3) is 0 Å². The Morgan fingerprint density at radius 2 is 1.50 bits per heavy atom. The van der Waals surface area contributed by atoms with Gasteiger partial charge in [-0.15, -0.1) is 0 Å². The Morgan fingerprint density at radius 3 is 2.12 bits per heavy atom. The Bertz CT molecular complexity index is 487. The summed E-state index contributed by atoms with van der Waals surface area (Å²) >= 11 is 0. The second-order valence-electron chi connectivity index (χ2n) is 3.96. The van der Waals surface area contributed by atoms with E-state index in [0.717, 1.165) is 23.1 Å². The first-order chi connectivity index (χ1) is 7.65. The summed E-state index contributed by atoms with van der Waals surface area (Å²) in [5.41, 5.74) is 3.18. The van der Waals surface area contributed by atoms with Crippen molar-refractivity contribution < 1.29 is 10.2 Å². The molecule has 2 aromatic carbocycles. The van der Waals surface area contributed by atoms with E-state index in [-0.39, 0.29) is 5.75 Å². The zero-order valence-corrected chi connectivity index (χ0v) is 9.14. The lowest BCUT2D eigenvalue weighted by molar-refractivity contribution is 0.471. The summed E-state index contributed by atoms with van der Waals surface area (Å²) in [6.07, 6.45) is 0.807. The molecule has 0 aliphatic heterocycles. The largest absolute Gasteiger partial charge is 0.508 e. The lowest BCUT2D eigenvalue weighted by Gasteiger charge is -2.05. The normalized spacial score (nSPS) is 10.3. The first kappa shape index (κ1) is 10.6. The third-order valence-corrected chi connectivity index (χ3v) is 2.61. The number of aromatic hydroxyl groups is 2. The second kappa shape index (κ2) is 4.27. The van der Waals surface area contributed by atoms with Crippen molar-refractivity contribution in [2.24, 2.45) is 0 Å². The average molecular weight is 214 g/mol. The van der Waals surface area contributed by atoms with E-state index in [2.05, 4.69) is 0 Å². The van der Waals surface area contributed by atoms with Crippen LogP contribution in [0.4, 0.5) is 0 Å². The molecular weight excluding hydrogens is 200 g/mol. The highest BCUT2D eigenvalue weighted by Crippen LogP contribution is 2.20. The molecule has 0 unspecified atom stereocenters. The summed E-state index contributed by atoms with van der Waals surface area (Å²) in [7, 11) is 0. The molecule has 2 aromatic rings. The van der Waals surface area contributed by atoms with E-state index in [1.54, 1.807) is 18.2 Å². The third-order valence-electron chi connectivity index (χ3n) is 2.61. The molecule has 2 heteroatoms. The van der Waals surface area contributed by atoms with Crippen LogP contribution in [-0.4, -0.2) is 10.2 Å². The van der Waals surface area contributed by atoms with E-state index in [4.69, 9.17) is 0 Å². The van der Waals surface area contributed by atoms with Crippen LogP contribution in [-0.2, 0) is 6.42 Å². The van der Waals surface area contributed by atoms with Crippen molar-refractivity contribution >= 4 is 0 Å². The molecule has 0 amide bonds. The fourth-order valence-corrected chi connectivity index (χ4v) is 1.68. The zero-order chi connectivity index (χ0) is 11.5. The molecule has 0 heterocycles. The molecule has 0 spiro atoms. The highest BCUT2D eigenvalue weighted by Gasteiger charge is 2.00. The maximum Gasteiger partial charge on any atom is 0.118 e. The first-order valence-corrected chi connectivity index (χ1v) is 5.21. The molecule has 0 radical (unpaired) electrons. The van der Waals surface area contributed by atoms with E-state index in [9.17, 15) is 10.2 Å². The van der Waals surface area contributed by atoms with Gasteiger partial charge in [0.2, 0.25) is 0 Å². The smallest absolute Gasteiger partial charge is 0.118 e. The molecule has 0 aliphatic rings. The minimum atomic E-state index is 0.283. The Balaban J connectivity index is 2.20. The van der Waals surface area contributed by atoms with E-state index in [1.165, 1.54) is 0 Å². The van der Waals surface area contributed by atoms with Crippen molar-refractivity contribution in [1.29, 1.82) is 0 Å². The van der Waals surface area contributed by atoms with Gasteiger partial charge in [0.15, 0.2) is 0 Å². The summed E-state index contributed by atoms with van der Waals surface area (Å²) in [6.45, 7) is 1.88. The van der Waals surface area contributed by atoms with Crippen molar-refractivity contribution in [2.45, 2.75) is 13.3 Å². The molecule has 0 fully saturated rings. The molecule has 2 N–H and O–H groups in total. The second-order valence-corrected chi connectivity index (χ2v) is 3.96. The summed E-state index contributed by atoms with van der Waals surface area (Å²) in [4.78, 5) is 0. The lowest BCUT2D eigenvalue weighted by Crippen LogP contribution is -1.88. The van der Waals surface area contributed by atoms with Gasteiger partial charge in [-0.25, -0.2) is 0 Å². The fourth-order valence-electron chi connectivity index (χ4n) is 1.68. The van der Waals surface area contributed by atoms with Crippen LogP contribution >= 0.6 is 0 Å². The number of hydrogen-bond acceptors (Lipinski definition) is 2. The van der Waals surface area contributed by atoms with Crippen molar-refractivity contribution in [3.8, 4) is 11.5 Å². The molecule has 16 heavy (non-hydrogen) atoms. The van der Waals surface area contributed by atoms with Crippen LogP contribution in [0.3, 0.4) is 0 Å². The molecule has 0 saturated heterocycles. The Hall–Kier alpha value is -1.96. The molecule has 0 atom stereocenters. The maximum absolute atomic E-state index is 9.41. The van der Waals surface area contributed by atoms with E-state index in [0.29, 0.717) is 5.75 Å². The van der Waals surface area contributed by atoms with Crippen LogP contribution in [0.2, 0.25) is 0 Å². The molecule has 2 rings (SSSR count). The highest BCUT2D eigenvalue weighted by molar-refractivity contribution is 5.38. The maximum atomic E-state index is 9.41. The van der Waals surface area contributed by atoms with Gasteiger partial charge in [-0.1, -0.05) is 24.3 Å². The fraction of sp³-hybridized carbons (Fsp3) is 0.143. The molecule has 0 aromatic heterocycles. The van der Waals surface area contributed by atoms with Gasteiger partial charge in [-0.05, 0) is 48.2 Å². The van der Waals surface area contributed by atoms with Gasteiger partial charge in [0.1, 0.15) is 11.5 Å². The van der Waals surface area contributed by atoms with Gasteiger partial charge in [-0.3, -0.25) is 0 Å². The van der Waals surface area contributed by atoms with Crippen molar-refractivity contribution in [3.63, 3.8) is 0 Å². The van der Waals surface area contributed by atoms with Crippen LogP contribution in [0.1, 0.15) is 16.7 Å². The average Bonchev–Trinajstić information content (AvgIpc) is 2.27. The van der Waals surface area contributed by atoms with E-state index < -0.39 is 0 Å². The molecule has 0 saturated carbocycles. The number of benzene rings is 2. The van der Waals surface area contributed by atoms with Crippen LogP contribution in [0, 0.1) is 6.92 Å². The van der Waals surface area contributed by atoms with Gasteiger partial charge in [0.05, 0.1) is 0 Å². The van der Waals surface area contributed by atoms with E-state index in [1.807, 2.05) is 31.2 Å². The SMILES string of the molecule is Cc1cc(Cc2ccc(O)cc2)ccc1O. The first-order valence-electron chi connectivity index (χ1n) is 5.21. The summed E-state index contributed by atoms with van der Waals surface area (Å²) < 4.78 is 0. The molecular formula is C14H14O2. The Morgan fingerprint density at radius 1 is 0.875 bits per heavy atom. The number of phenols is 2. The monoisotopic (exact) mass is 214 g/mol. The quantitative estimate of drug-likeness (QED) is 0.806. The number of aryl methyl sites for hydroxylation is 1. The number of hydrogen-bond donors (Lipinski definition) is 2. The van der Waals surface area contributed by atoms with E-state index >= 15 is 0 Å². The minimum absolute atomic E-state index is 0.283. The van der Waals surface area contributed by atoms with Gasteiger partial charge in [0, 0.05) is 0 Å². The van der Waals surface area contributed by atoms with Crippen LogP contribution in [0.25, 0.3) is 0 Å². The Labute approximate surface area is 94.8 Å². The third kappa shape index (κ3) is 2.34. The van der Waals surface area contributed by atoms with Crippen LogP contribution in [0.15, 0.2) is 42.5 Å². The molecule has 82 valence electrons. The predicted octanol–water partition coefficient (Wildman–Crippen LogP) is 3.00. The number of rotatable bonds is 2. The highest BCUT2D eigenvalue weighted by atomic mass is 16.3. The van der Waals surface area contributed by atoms with Gasteiger partial charge in [-0.2, -0.15) is 0 Å². The standard InChI is InChI=1S/C14H14O2/c1-10-8-12(4-7-14(10)16)9-11-2-5-13(15)6-3-11/h2-8,15-16H,9H2,1H3. The summed E-state index contributed by atoms with van der Waals surface area (Å²) in [6, 6.07) is 12.8. The zero-order valence-electron chi connectivity index (χ0n) is 9.14. The van der Waals surface area contributed by atoms with Crippen LogP contribution in [0.5, 0.6) is 11.5 Å².